The zero-order chi connectivity index (χ0) is 15.4. The molecule has 0 spiro atoms. The Kier molecular flexibility index (Phi) is 5.28. The largest absolute Gasteiger partial charge is 0.480 e. The van der Waals surface area contributed by atoms with E-state index >= 15 is 0 Å². The first-order chi connectivity index (χ1) is 9.99. The molecule has 2 atom stereocenters. The lowest BCUT2D eigenvalue weighted by Gasteiger charge is -2.23. The van der Waals surface area contributed by atoms with Crippen LogP contribution in [0.5, 0.6) is 0 Å². The second-order valence-electron chi connectivity index (χ2n) is 5.62. The molecule has 1 saturated heterocycles. The molecule has 0 aliphatic carbocycles. The molecule has 1 N–H and O–H groups in total. The van der Waals surface area contributed by atoms with Crippen molar-refractivity contribution in [3.05, 3.63) is 35.4 Å². The van der Waals surface area contributed by atoms with Crippen molar-refractivity contribution in [2.45, 2.75) is 32.1 Å². The monoisotopic (exact) mass is 307 g/mol. The van der Waals surface area contributed by atoms with Gasteiger partial charge in [0.05, 0.1) is 5.75 Å². The number of carboxylic acid groups (broad SMARTS) is 1. The molecular formula is C16H21NO3S. The molecule has 21 heavy (non-hydrogen) atoms. The summed E-state index contributed by atoms with van der Waals surface area (Å²) in [5.74, 6) is 0.189. The van der Waals surface area contributed by atoms with E-state index in [1.165, 1.54) is 16.0 Å². The summed E-state index contributed by atoms with van der Waals surface area (Å²) in [4.78, 5) is 25.0. The van der Waals surface area contributed by atoms with Crippen LogP contribution in [0.3, 0.4) is 0 Å². The summed E-state index contributed by atoms with van der Waals surface area (Å²) in [6.45, 7) is 4.50. The molecule has 2 unspecified atom stereocenters. The second-order valence-corrected chi connectivity index (χ2v) is 6.60. The molecule has 1 fully saturated rings. The number of carbonyl (C=O) groups excluding carboxylic acids is 1. The van der Waals surface area contributed by atoms with E-state index in [-0.39, 0.29) is 11.8 Å². The molecule has 4 nitrogen and oxygen atoms in total. The van der Waals surface area contributed by atoms with E-state index in [0.717, 1.165) is 12.2 Å². The number of carboxylic acids is 1. The first-order valence-electron chi connectivity index (χ1n) is 7.14. The number of aliphatic carboxylic acids is 1. The van der Waals surface area contributed by atoms with Gasteiger partial charge in [-0.15, -0.1) is 11.8 Å². The number of benzene rings is 1. The number of rotatable bonds is 5. The van der Waals surface area contributed by atoms with Crippen molar-refractivity contribution >= 4 is 23.6 Å². The predicted molar refractivity (Wildman–Crippen MR) is 84.3 cm³/mol. The zero-order valence-electron chi connectivity index (χ0n) is 12.4. The minimum Gasteiger partial charge on any atom is -0.480 e. The molecule has 1 aromatic carbocycles. The molecule has 0 radical (unpaired) electrons. The highest BCUT2D eigenvalue weighted by atomic mass is 32.2. The Morgan fingerprint density at radius 1 is 1.43 bits per heavy atom. The third-order valence-electron chi connectivity index (χ3n) is 3.85. The van der Waals surface area contributed by atoms with Gasteiger partial charge in [0, 0.05) is 12.3 Å². The molecule has 114 valence electrons. The highest BCUT2D eigenvalue weighted by Crippen LogP contribution is 2.25. The molecule has 0 saturated carbocycles. The number of carbonyl (C=O) groups is 2. The molecule has 1 aliphatic rings. The van der Waals surface area contributed by atoms with Crippen LogP contribution >= 0.6 is 11.8 Å². The minimum atomic E-state index is -0.892. The summed E-state index contributed by atoms with van der Waals surface area (Å²) in [6.07, 6.45) is 0.769. The molecule has 5 heteroatoms. The van der Waals surface area contributed by atoms with Gasteiger partial charge in [0.25, 0.3) is 0 Å². The maximum atomic E-state index is 12.2. The fraction of sp³-hybridized carbons (Fsp3) is 0.500. The fourth-order valence-corrected chi connectivity index (χ4v) is 3.60. The maximum absolute atomic E-state index is 12.2. The number of likely N-dealkylation sites (tertiary alicyclic amines) is 1. The highest BCUT2D eigenvalue weighted by molar-refractivity contribution is 7.99. The minimum absolute atomic E-state index is 0.0354. The molecule has 0 bridgehead atoms. The topological polar surface area (TPSA) is 57.6 Å². The van der Waals surface area contributed by atoms with Crippen molar-refractivity contribution in [1.29, 1.82) is 0 Å². The Balaban J connectivity index is 1.86. The van der Waals surface area contributed by atoms with Crippen LogP contribution in [-0.4, -0.2) is 40.2 Å². The summed E-state index contributed by atoms with van der Waals surface area (Å²) in [6, 6.07) is 7.55. The number of nitrogens with zero attached hydrogens (tertiary/aromatic N) is 1. The lowest BCUT2D eigenvalue weighted by Crippen LogP contribution is -2.43. The van der Waals surface area contributed by atoms with Crippen LogP contribution in [0.1, 0.15) is 24.5 Å². The van der Waals surface area contributed by atoms with Gasteiger partial charge in [-0.1, -0.05) is 36.8 Å². The number of hydrogen-bond donors (Lipinski definition) is 1. The smallest absolute Gasteiger partial charge is 0.326 e. The number of hydrogen-bond acceptors (Lipinski definition) is 3. The van der Waals surface area contributed by atoms with Gasteiger partial charge in [-0.25, -0.2) is 4.79 Å². The quantitative estimate of drug-likeness (QED) is 0.908. The van der Waals surface area contributed by atoms with Crippen LogP contribution in [0.25, 0.3) is 0 Å². The first-order valence-corrected chi connectivity index (χ1v) is 8.30. The van der Waals surface area contributed by atoms with Gasteiger partial charge in [0.15, 0.2) is 0 Å². The van der Waals surface area contributed by atoms with E-state index in [2.05, 4.69) is 6.07 Å². The Morgan fingerprint density at radius 2 is 2.19 bits per heavy atom. The third kappa shape index (κ3) is 4.00. The Hall–Kier alpha value is -1.49. The molecule has 0 aromatic heterocycles. The van der Waals surface area contributed by atoms with Crippen molar-refractivity contribution < 1.29 is 14.7 Å². The average molecular weight is 307 g/mol. The van der Waals surface area contributed by atoms with Crippen LogP contribution in [0, 0.1) is 12.8 Å². The van der Waals surface area contributed by atoms with Crippen molar-refractivity contribution in [1.82, 2.24) is 4.90 Å². The molecule has 1 aliphatic heterocycles. The number of amides is 1. The molecular weight excluding hydrogens is 286 g/mol. The van der Waals surface area contributed by atoms with Crippen molar-refractivity contribution in [2.75, 3.05) is 12.3 Å². The van der Waals surface area contributed by atoms with Crippen LogP contribution in [0.4, 0.5) is 0 Å². The zero-order valence-corrected chi connectivity index (χ0v) is 13.2. The van der Waals surface area contributed by atoms with E-state index in [0.29, 0.717) is 12.3 Å². The number of aryl methyl sites for hydroxylation is 1. The Morgan fingerprint density at radius 3 is 2.86 bits per heavy atom. The summed E-state index contributed by atoms with van der Waals surface area (Å²) in [7, 11) is 0. The Labute approximate surface area is 129 Å². The fourth-order valence-electron chi connectivity index (χ4n) is 2.74. The third-order valence-corrected chi connectivity index (χ3v) is 4.84. The Bertz CT molecular complexity index is 532. The normalized spacial score (nSPS) is 21.5. The lowest BCUT2D eigenvalue weighted by atomic mass is 10.0. The SMILES string of the molecule is Cc1cccc(CSCC(=O)N2CCC(C)C2C(=O)O)c1. The highest BCUT2D eigenvalue weighted by Gasteiger charge is 2.39. The van der Waals surface area contributed by atoms with E-state index in [9.17, 15) is 14.7 Å². The summed E-state index contributed by atoms with van der Waals surface area (Å²) in [5, 5.41) is 9.24. The standard InChI is InChI=1S/C16H21NO3S/c1-11-4-3-5-13(8-11)9-21-10-14(18)17-7-6-12(2)15(17)16(19)20/h3-5,8,12,15H,6-7,9-10H2,1-2H3,(H,19,20). The molecule has 1 amide bonds. The average Bonchev–Trinajstić information content (AvgIpc) is 2.81. The molecule has 2 rings (SSSR count). The molecule has 1 aromatic rings. The van der Waals surface area contributed by atoms with Gasteiger partial charge < -0.3 is 10.0 Å². The van der Waals surface area contributed by atoms with Crippen LogP contribution in [0.2, 0.25) is 0 Å². The van der Waals surface area contributed by atoms with Gasteiger partial charge in [-0.2, -0.15) is 0 Å². The summed E-state index contributed by atoms with van der Waals surface area (Å²) < 4.78 is 0. The lowest BCUT2D eigenvalue weighted by molar-refractivity contribution is -0.148. The number of thioether (sulfide) groups is 1. The van der Waals surface area contributed by atoms with Gasteiger partial charge in [0.1, 0.15) is 6.04 Å². The van der Waals surface area contributed by atoms with E-state index in [4.69, 9.17) is 0 Å². The van der Waals surface area contributed by atoms with Crippen LogP contribution < -0.4 is 0 Å². The second kappa shape index (κ2) is 6.98. The van der Waals surface area contributed by atoms with Gasteiger partial charge >= 0.3 is 5.97 Å². The van der Waals surface area contributed by atoms with Gasteiger partial charge in [0.2, 0.25) is 5.91 Å². The van der Waals surface area contributed by atoms with Crippen LogP contribution in [0.15, 0.2) is 24.3 Å². The van der Waals surface area contributed by atoms with Crippen LogP contribution in [-0.2, 0) is 15.3 Å². The maximum Gasteiger partial charge on any atom is 0.326 e. The van der Waals surface area contributed by atoms with E-state index in [1.54, 1.807) is 11.8 Å². The summed E-state index contributed by atoms with van der Waals surface area (Å²) >= 11 is 1.54. The van der Waals surface area contributed by atoms with E-state index in [1.807, 2.05) is 32.0 Å². The van der Waals surface area contributed by atoms with Crippen molar-refractivity contribution in [3.8, 4) is 0 Å². The van der Waals surface area contributed by atoms with E-state index < -0.39 is 12.0 Å². The first kappa shape index (κ1) is 15.9. The van der Waals surface area contributed by atoms with Crippen molar-refractivity contribution in [3.63, 3.8) is 0 Å². The molecule has 1 heterocycles. The predicted octanol–water partition coefficient (Wildman–Crippen LogP) is 2.55. The van der Waals surface area contributed by atoms with Crippen molar-refractivity contribution in [2.24, 2.45) is 5.92 Å². The summed E-state index contributed by atoms with van der Waals surface area (Å²) in [5.41, 5.74) is 2.40. The van der Waals surface area contributed by atoms with Gasteiger partial charge in [-0.05, 0) is 24.8 Å². The van der Waals surface area contributed by atoms with Gasteiger partial charge in [-0.3, -0.25) is 4.79 Å².